The second-order valence-corrected chi connectivity index (χ2v) is 3.89. The molecule has 13 heteroatoms. The standard InChI is InChI=1S/C6H7N3O4.C3H6N6/c10-4-7-5(11)9-6(8-4)13-2-3-1-12-3;4-1-7-2(5)9-3(6)8-1/h3H,1-2H2,(H2,7,8,9,10,11);(H6,4,5,6,7,8,9). The summed E-state index contributed by atoms with van der Waals surface area (Å²) in [6.45, 7) is 0.964. The fraction of sp³-hybridized carbons (Fsp3) is 0.333. The zero-order valence-corrected chi connectivity index (χ0v) is 11.1. The van der Waals surface area contributed by atoms with Crippen LogP contribution in [0.5, 0.6) is 18.0 Å². The Balaban J connectivity index is 0.000000172. The highest BCUT2D eigenvalue weighted by atomic mass is 16.6. The van der Waals surface area contributed by atoms with Gasteiger partial charge in [0.15, 0.2) is 0 Å². The second kappa shape index (κ2) is 6.49. The van der Waals surface area contributed by atoms with Gasteiger partial charge in [-0.3, -0.25) is 0 Å². The van der Waals surface area contributed by atoms with Crippen molar-refractivity contribution in [2.45, 2.75) is 6.10 Å². The molecular formula is C9H13N9O4. The first-order valence-electron chi connectivity index (χ1n) is 5.83. The molecule has 1 aliphatic rings. The van der Waals surface area contributed by atoms with E-state index in [4.69, 9.17) is 36.9 Å². The van der Waals surface area contributed by atoms with E-state index in [1.807, 2.05) is 0 Å². The number of aromatic nitrogens is 6. The normalized spacial score (nSPS) is 15.5. The molecule has 1 aliphatic heterocycles. The van der Waals surface area contributed by atoms with E-state index in [1.54, 1.807) is 0 Å². The molecule has 13 nitrogen and oxygen atoms in total. The van der Waals surface area contributed by atoms with Crippen LogP contribution in [-0.2, 0) is 4.74 Å². The van der Waals surface area contributed by atoms with Gasteiger partial charge in [-0.1, -0.05) is 0 Å². The van der Waals surface area contributed by atoms with Crippen LogP contribution in [0.4, 0.5) is 17.8 Å². The van der Waals surface area contributed by atoms with E-state index in [0.717, 1.165) is 0 Å². The van der Waals surface area contributed by atoms with Gasteiger partial charge in [0.05, 0.1) is 6.61 Å². The van der Waals surface area contributed by atoms with Crippen molar-refractivity contribution in [3.8, 4) is 18.0 Å². The zero-order valence-electron chi connectivity index (χ0n) is 11.1. The number of nitrogens with zero attached hydrogens (tertiary/aromatic N) is 6. The fourth-order valence-corrected chi connectivity index (χ4v) is 1.16. The summed E-state index contributed by atoms with van der Waals surface area (Å²) in [6.07, 6.45) is 0.0704. The molecule has 22 heavy (non-hydrogen) atoms. The van der Waals surface area contributed by atoms with Gasteiger partial charge in [-0.25, -0.2) is 0 Å². The molecule has 3 heterocycles. The molecular weight excluding hydrogens is 298 g/mol. The Kier molecular flexibility index (Phi) is 4.47. The Morgan fingerprint density at radius 3 is 1.77 bits per heavy atom. The number of hydrogen-bond donors (Lipinski definition) is 5. The van der Waals surface area contributed by atoms with Crippen LogP contribution in [0, 0.1) is 0 Å². The average Bonchev–Trinajstić information content (AvgIpc) is 3.18. The SMILES string of the molecule is Nc1nc(N)nc(N)n1.Oc1nc(O)nc(OCC2CO2)n1. The summed E-state index contributed by atoms with van der Waals surface area (Å²) < 4.78 is 9.85. The van der Waals surface area contributed by atoms with Crippen molar-refractivity contribution in [1.29, 1.82) is 0 Å². The molecule has 0 saturated carbocycles. The smallest absolute Gasteiger partial charge is 0.325 e. The number of aromatic hydroxyl groups is 2. The quantitative estimate of drug-likeness (QED) is 0.376. The lowest BCUT2D eigenvalue weighted by molar-refractivity contribution is 0.237. The van der Waals surface area contributed by atoms with Crippen LogP contribution < -0.4 is 21.9 Å². The first-order valence-corrected chi connectivity index (χ1v) is 5.83. The van der Waals surface area contributed by atoms with Crippen molar-refractivity contribution in [2.75, 3.05) is 30.4 Å². The monoisotopic (exact) mass is 311 g/mol. The first-order chi connectivity index (χ1) is 10.4. The van der Waals surface area contributed by atoms with Gasteiger partial charge < -0.3 is 36.9 Å². The van der Waals surface area contributed by atoms with Crippen molar-refractivity contribution in [3.05, 3.63) is 0 Å². The Labute approximate surface area is 123 Å². The number of nitrogen functional groups attached to an aromatic ring is 3. The van der Waals surface area contributed by atoms with Gasteiger partial charge in [-0.2, -0.15) is 15.0 Å². The van der Waals surface area contributed by atoms with Gasteiger partial charge in [0.1, 0.15) is 12.7 Å². The van der Waals surface area contributed by atoms with E-state index in [-0.39, 0.29) is 30.0 Å². The third-order valence-corrected chi connectivity index (χ3v) is 2.08. The van der Waals surface area contributed by atoms with Crippen LogP contribution in [0.3, 0.4) is 0 Å². The van der Waals surface area contributed by atoms with E-state index in [2.05, 4.69) is 29.9 Å². The van der Waals surface area contributed by atoms with Crippen LogP contribution >= 0.6 is 0 Å². The molecule has 0 spiro atoms. The molecule has 1 fully saturated rings. The first kappa shape index (κ1) is 15.2. The summed E-state index contributed by atoms with van der Waals surface area (Å²) in [5.74, 6) is 0.125. The maximum atomic E-state index is 8.84. The Bertz CT molecular complexity index is 580. The maximum Gasteiger partial charge on any atom is 0.325 e. The third-order valence-electron chi connectivity index (χ3n) is 2.08. The van der Waals surface area contributed by atoms with Gasteiger partial charge in [0, 0.05) is 0 Å². The number of hydrogen-bond acceptors (Lipinski definition) is 13. The second-order valence-electron chi connectivity index (χ2n) is 3.89. The Morgan fingerprint density at radius 2 is 1.36 bits per heavy atom. The molecule has 0 radical (unpaired) electrons. The van der Waals surface area contributed by atoms with Crippen LogP contribution in [0.25, 0.3) is 0 Å². The number of rotatable bonds is 3. The molecule has 1 unspecified atom stereocenters. The lowest BCUT2D eigenvalue weighted by Crippen LogP contribution is -2.06. The molecule has 2 aromatic heterocycles. The lowest BCUT2D eigenvalue weighted by atomic mass is 10.5. The van der Waals surface area contributed by atoms with E-state index >= 15 is 0 Å². The van der Waals surface area contributed by atoms with Crippen LogP contribution in [0.1, 0.15) is 0 Å². The highest BCUT2D eigenvalue weighted by Crippen LogP contribution is 2.14. The number of anilines is 3. The van der Waals surface area contributed by atoms with E-state index in [1.165, 1.54) is 0 Å². The molecule has 2 aromatic rings. The van der Waals surface area contributed by atoms with Crippen molar-refractivity contribution < 1.29 is 19.7 Å². The van der Waals surface area contributed by atoms with Crippen molar-refractivity contribution in [2.24, 2.45) is 0 Å². The van der Waals surface area contributed by atoms with Gasteiger partial charge in [-0.05, 0) is 0 Å². The summed E-state index contributed by atoms with van der Waals surface area (Å²) in [5.41, 5.74) is 15.4. The molecule has 0 aliphatic carbocycles. The minimum atomic E-state index is -0.570. The molecule has 1 saturated heterocycles. The van der Waals surface area contributed by atoms with Crippen molar-refractivity contribution in [1.82, 2.24) is 29.9 Å². The van der Waals surface area contributed by atoms with Crippen LogP contribution in [0.2, 0.25) is 0 Å². The Hall–Kier alpha value is -3.22. The molecule has 1 atom stereocenters. The summed E-state index contributed by atoms with van der Waals surface area (Å²) in [6, 6.07) is -1.25. The summed E-state index contributed by atoms with van der Waals surface area (Å²) in [4.78, 5) is 20.5. The maximum absolute atomic E-state index is 8.84. The van der Waals surface area contributed by atoms with Gasteiger partial charge in [0.25, 0.3) is 0 Å². The zero-order chi connectivity index (χ0) is 16.1. The molecule has 0 aromatic carbocycles. The number of nitrogens with two attached hydrogens (primary N) is 3. The highest BCUT2D eigenvalue weighted by molar-refractivity contribution is 5.33. The average molecular weight is 311 g/mol. The summed E-state index contributed by atoms with van der Waals surface area (Å²) in [7, 11) is 0. The predicted molar refractivity (Wildman–Crippen MR) is 71.5 cm³/mol. The number of ether oxygens (including phenoxy) is 2. The fourth-order valence-electron chi connectivity index (χ4n) is 1.16. The minimum absolute atomic E-state index is 0.0417. The topological polar surface area (TPSA) is 218 Å². The Morgan fingerprint density at radius 1 is 0.909 bits per heavy atom. The van der Waals surface area contributed by atoms with E-state index < -0.39 is 12.0 Å². The summed E-state index contributed by atoms with van der Waals surface area (Å²) in [5, 5.41) is 17.7. The molecule has 118 valence electrons. The predicted octanol–water partition coefficient (Wildman–Crippen LogP) is -2.32. The molecule has 0 bridgehead atoms. The largest absolute Gasteiger partial charge is 0.479 e. The molecule has 3 rings (SSSR count). The minimum Gasteiger partial charge on any atom is -0.479 e. The molecule has 8 N–H and O–H groups in total. The van der Waals surface area contributed by atoms with Crippen LogP contribution in [0.15, 0.2) is 0 Å². The number of epoxide rings is 1. The van der Waals surface area contributed by atoms with Gasteiger partial charge in [-0.15, -0.1) is 15.0 Å². The van der Waals surface area contributed by atoms with Crippen molar-refractivity contribution >= 4 is 17.8 Å². The molecule has 0 amide bonds. The van der Waals surface area contributed by atoms with Gasteiger partial charge in [0.2, 0.25) is 17.8 Å². The van der Waals surface area contributed by atoms with Crippen LogP contribution in [-0.4, -0.2) is 59.4 Å². The lowest BCUT2D eigenvalue weighted by Gasteiger charge is -2.00. The van der Waals surface area contributed by atoms with E-state index in [0.29, 0.717) is 13.2 Å². The van der Waals surface area contributed by atoms with E-state index in [9.17, 15) is 0 Å². The van der Waals surface area contributed by atoms with Gasteiger partial charge >= 0.3 is 18.0 Å². The highest BCUT2D eigenvalue weighted by Gasteiger charge is 2.23. The third kappa shape index (κ3) is 5.04. The van der Waals surface area contributed by atoms with Crippen molar-refractivity contribution in [3.63, 3.8) is 0 Å². The summed E-state index contributed by atoms with van der Waals surface area (Å²) >= 11 is 0.